The monoisotopic (exact) mass is 1270 g/mol. The van der Waals surface area contributed by atoms with E-state index in [9.17, 15) is 25.1 Å². The fourth-order valence-corrected chi connectivity index (χ4v) is 15.1. The summed E-state index contributed by atoms with van der Waals surface area (Å²) in [6.07, 6.45) is 14.7. The first-order valence-electron chi connectivity index (χ1n) is 32.4. The van der Waals surface area contributed by atoms with Gasteiger partial charge in [0.05, 0.1) is 42.6 Å². The van der Waals surface area contributed by atoms with Gasteiger partial charge in [-0.05, 0) is 205 Å². The first kappa shape index (κ1) is 66.3. The van der Waals surface area contributed by atoms with Crippen molar-refractivity contribution >= 4 is 109 Å². The Morgan fingerprint density at radius 3 is 1.34 bits per heavy atom. The van der Waals surface area contributed by atoms with Crippen molar-refractivity contribution in [2.45, 2.75) is 78.8 Å². The van der Waals surface area contributed by atoms with Crippen molar-refractivity contribution in [2.24, 2.45) is 0 Å². The molecule has 10 nitrogen and oxygen atoms in total. The zero-order valence-electron chi connectivity index (χ0n) is 53.2. The molecule has 12 aromatic carbocycles. The fraction of sp³-hybridized carbons (Fsp3) is 0.165. The molecule has 0 amide bonds. The number of para-hydroxylation sites is 2. The molecular formula is C85H73N6O4P. The number of hydrogen-bond donors (Lipinski definition) is 0. The quantitative estimate of drug-likeness (QED) is 0.0323. The second-order valence-electron chi connectivity index (χ2n) is 23.5. The lowest BCUT2D eigenvalue weighted by molar-refractivity contribution is 0.112. The third-order valence-corrected chi connectivity index (χ3v) is 19.8. The average Bonchev–Trinajstić information content (AvgIpc) is 0.767. The highest BCUT2D eigenvalue weighted by Gasteiger charge is 2.26. The number of carbonyl (C=O) groups is 1. The lowest BCUT2D eigenvalue weighted by Gasteiger charge is -2.30. The summed E-state index contributed by atoms with van der Waals surface area (Å²) >= 11 is 0. The molecule has 12 aromatic rings. The third-order valence-electron chi connectivity index (χ3n) is 17.7. The van der Waals surface area contributed by atoms with Crippen LogP contribution in [0.5, 0.6) is 0 Å². The second-order valence-corrected chi connectivity index (χ2v) is 25.6. The Hall–Kier alpha value is -11.2. The van der Waals surface area contributed by atoms with Gasteiger partial charge in [0.15, 0.2) is 0 Å². The Balaban J connectivity index is 0.000000154. The number of hydrogen-bond acceptors (Lipinski definition) is 9. The van der Waals surface area contributed by atoms with E-state index >= 15 is 0 Å². The zero-order chi connectivity index (χ0) is 65.7. The van der Waals surface area contributed by atoms with Crippen molar-refractivity contribution < 1.29 is 18.4 Å². The van der Waals surface area contributed by atoms with Gasteiger partial charge in [-0.15, -0.1) is 0 Å². The Kier molecular flexibility index (Phi) is 21.2. The van der Waals surface area contributed by atoms with E-state index in [1.807, 2.05) is 109 Å². The largest absolute Gasteiger partial charge is 0.335 e. The molecule has 0 saturated heterocycles. The molecule has 0 atom stereocenters. The molecule has 0 radical (unpaired) electrons. The van der Waals surface area contributed by atoms with Gasteiger partial charge in [0.2, 0.25) is 5.69 Å². The minimum Gasteiger partial charge on any atom is -0.310 e. The predicted molar refractivity (Wildman–Crippen MR) is 394 cm³/mol. The molecule has 11 heteroatoms. The molecule has 2 aliphatic rings. The molecular weight excluding hydrogens is 1200 g/mol. The smallest absolute Gasteiger partial charge is 0.310 e. The molecule has 14 rings (SSSR count). The first-order chi connectivity index (χ1) is 46.7. The lowest BCUT2D eigenvalue weighted by atomic mass is 9.90. The van der Waals surface area contributed by atoms with Crippen LogP contribution in [0.4, 0.5) is 39.8 Å². The number of nitrogens with zero attached hydrogens (tertiary/aromatic N) is 6. The number of benzene rings is 12. The van der Waals surface area contributed by atoms with E-state index in [4.69, 9.17) is 15.6 Å². The Labute approximate surface area is 563 Å². The summed E-state index contributed by atoms with van der Waals surface area (Å²) in [4.78, 5) is 19.6. The van der Waals surface area contributed by atoms with Gasteiger partial charge in [-0.25, -0.2) is 4.85 Å². The first-order valence-corrected chi connectivity index (χ1v) is 34.1. The summed E-state index contributed by atoms with van der Waals surface area (Å²) in [5, 5.41) is 35.5. The van der Waals surface area contributed by atoms with Gasteiger partial charge >= 0.3 is 7.60 Å². The maximum Gasteiger partial charge on any atom is 0.335 e. The van der Waals surface area contributed by atoms with Crippen LogP contribution in [0.1, 0.15) is 113 Å². The third kappa shape index (κ3) is 14.0. The van der Waals surface area contributed by atoms with Crippen LogP contribution in [0.2, 0.25) is 0 Å². The van der Waals surface area contributed by atoms with E-state index in [1.54, 1.807) is 19.9 Å². The SMILES string of the molecule is C.CCOP(=O)(Cc1ccc2c(C#N)c3ccccc3c(C#N)c2c1)OCC.O=Cc1ccc(N(c2ccccc2)c2cccc3c2CCCC3)cc1.[C-]#[N+]c1c2ccccc2c(C#N)c2ccc(C=Cc3ccc(N(c4ccccc4)c4cccc5c4CCCC5)cc3)cc12. The molecule has 0 fully saturated rings. The summed E-state index contributed by atoms with van der Waals surface area (Å²) in [5.74, 6) is 0. The Bertz CT molecular complexity index is 5070. The summed E-state index contributed by atoms with van der Waals surface area (Å²) in [6.45, 7) is 12.0. The van der Waals surface area contributed by atoms with Crippen LogP contribution >= 0.6 is 7.60 Å². The van der Waals surface area contributed by atoms with E-state index in [0.29, 0.717) is 38.7 Å². The normalized spacial score (nSPS) is 12.3. The number of rotatable bonds is 15. The second kappa shape index (κ2) is 30.7. The Morgan fingerprint density at radius 2 is 0.854 bits per heavy atom. The summed E-state index contributed by atoms with van der Waals surface area (Å²) in [6, 6.07) is 84.3. The number of carbonyl (C=O) groups excluding carboxylic acids is 1. The van der Waals surface area contributed by atoms with Crippen LogP contribution in [0.3, 0.4) is 0 Å². The van der Waals surface area contributed by atoms with Crippen LogP contribution in [0.25, 0.3) is 60.1 Å². The number of nitriles is 3. The van der Waals surface area contributed by atoms with Gasteiger partial charge in [0, 0.05) is 61.2 Å². The van der Waals surface area contributed by atoms with Gasteiger partial charge in [-0.3, -0.25) is 9.36 Å². The molecule has 2 aliphatic carbocycles. The van der Waals surface area contributed by atoms with Crippen molar-refractivity contribution in [1.82, 2.24) is 0 Å². The molecule has 472 valence electrons. The maximum atomic E-state index is 12.8. The van der Waals surface area contributed by atoms with Crippen LogP contribution in [-0.2, 0) is 45.5 Å². The topological polar surface area (TPSA) is 135 Å². The molecule has 0 saturated carbocycles. The van der Waals surface area contributed by atoms with E-state index in [-0.39, 0.29) is 26.8 Å². The molecule has 0 bridgehead atoms. The molecule has 96 heavy (non-hydrogen) atoms. The molecule has 0 aliphatic heterocycles. The highest BCUT2D eigenvalue weighted by atomic mass is 31.2. The highest BCUT2D eigenvalue weighted by Crippen LogP contribution is 2.52. The molecule has 0 heterocycles. The van der Waals surface area contributed by atoms with Crippen molar-refractivity contribution in [3.05, 3.63) is 303 Å². The average molecular weight is 1270 g/mol. The number of fused-ring (bicyclic) bond motifs is 6. The fourth-order valence-electron chi connectivity index (χ4n) is 13.4. The summed E-state index contributed by atoms with van der Waals surface area (Å²) in [7, 11) is -3.26. The number of anilines is 6. The maximum absolute atomic E-state index is 12.8. The molecule has 0 spiro atoms. The van der Waals surface area contributed by atoms with Crippen molar-refractivity contribution in [1.29, 1.82) is 15.8 Å². The van der Waals surface area contributed by atoms with E-state index < -0.39 is 7.60 Å². The number of aldehydes is 1. The van der Waals surface area contributed by atoms with E-state index in [0.717, 1.165) is 104 Å². The van der Waals surface area contributed by atoms with Crippen molar-refractivity contribution in [2.75, 3.05) is 23.0 Å². The van der Waals surface area contributed by atoms with Crippen molar-refractivity contribution in [3.63, 3.8) is 0 Å². The molecule has 0 unspecified atom stereocenters. The van der Waals surface area contributed by atoms with Gasteiger partial charge in [-0.1, -0.05) is 171 Å². The zero-order valence-corrected chi connectivity index (χ0v) is 54.1. The Morgan fingerprint density at radius 1 is 0.448 bits per heavy atom. The minimum atomic E-state index is -3.26. The van der Waals surface area contributed by atoms with Gasteiger partial charge in [0.25, 0.3) is 0 Å². The standard InChI is InChI=1S/C40H29N3.C23H21NO.C21H19N2O3P.CH4/c1-42-40-36-16-8-7-15-34(36)38(27-41)35-25-22-29(26-37(35)40)19-18-28-20-23-32(24-21-28)43(31-12-3-2-4-13-31)39-17-9-11-30-10-5-6-14-33(30)39;25-17-18-13-15-21(16-14-18)24(20-9-2-1-3-10-20)23-12-6-8-19-7-4-5-11-22(19)23;1-3-25-27(24,26-4-2)14-15-9-10-18-19(11-15)21(13-23)17-8-6-5-7-16(17)20(18)12-22;/h2-4,7-9,11-13,15-26H,5-6,10,14H2;1-3,6,8-10,12-17H,4-5,7,11H2;5-11H,3-4,14H2,1-2H3;1H4. The highest BCUT2D eigenvalue weighted by molar-refractivity contribution is 7.53. The van der Waals surface area contributed by atoms with Crippen LogP contribution in [0.15, 0.2) is 231 Å². The minimum absolute atomic E-state index is 0. The van der Waals surface area contributed by atoms with Gasteiger partial charge in [-0.2, -0.15) is 15.8 Å². The summed E-state index contributed by atoms with van der Waals surface area (Å²) in [5.41, 5.74) is 18.6. The predicted octanol–water partition coefficient (Wildman–Crippen LogP) is 22.9. The molecule has 0 aromatic heterocycles. The van der Waals surface area contributed by atoms with Crippen LogP contribution in [-0.4, -0.2) is 19.5 Å². The van der Waals surface area contributed by atoms with Crippen LogP contribution in [0, 0.1) is 40.6 Å². The molecule has 0 N–H and O–H groups in total. The van der Waals surface area contributed by atoms with E-state index in [2.05, 4.69) is 160 Å². The summed E-state index contributed by atoms with van der Waals surface area (Å²) < 4.78 is 23.6. The lowest BCUT2D eigenvalue weighted by Crippen LogP contribution is -2.15. The van der Waals surface area contributed by atoms with Crippen LogP contribution < -0.4 is 9.80 Å². The van der Waals surface area contributed by atoms with Gasteiger partial charge < -0.3 is 18.8 Å². The number of aryl methyl sites for hydroxylation is 2. The van der Waals surface area contributed by atoms with Gasteiger partial charge in [0.1, 0.15) is 24.5 Å². The van der Waals surface area contributed by atoms with Crippen molar-refractivity contribution in [3.8, 4) is 18.2 Å². The van der Waals surface area contributed by atoms with E-state index in [1.165, 1.54) is 59.3 Å².